The molecular weight excluding hydrogens is 243 g/mol. The molecule has 3 nitrogen and oxygen atoms in total. The van der Waals surface area contributed by atoms with Crippen molar-refractivity contribution in [3.8, 4) is 0 Å². The summed E-state index contributed by atoms with van der Waals surface area (Å²) in [5.41, 5.74) is 6.43. The second-order valence-electron chi connectivity index (χ2n) is 5.79. The largest absolute Gasteiger partial charge is 0.390 e. The van der Waals surface area contributed by atoms with Crippen LogP contribution in [0.15, 0.2) is 24.3 Å². The summed E-state index contributed by atoms with van der Waals surface area (Å²) in [5, 5.41) is 9.89. The fraction of sp³-hybridized carbons (Fsp3) is 0.600. The Morgan fingerprint density at radius 3 is 2.74 bits per heavy atom. The van der Waals surface area contributed by atoms with Crippen molar-refractivity contribution in [2.75, 3.05) is 19.6 Å². The molecule has 0 aromatic heterocycles. The molecule has 1 unspecified atom stereocenters. The first-order valence-electron chi connectivity index (χ1n) is 6.92. The Morgan fingerprint density at radius 1 is 1.42 bits per heavy atom. The summed E-state index contributed by atoms with van der Waals surface area (Å²) in [6.07, 6.45) is 2.43. The van der Waals surface area contributed by atoms with Gasteiger partial charge in [0.05, 0.1) is 5.60 Å². The zero-order valence-electron chi connectivity index (χ0n) is 11.5. The predicted octanol–water partition coefficient (Wildman–Crippen LogP) is 2.06. The van der Waals surface area contributed by atoms with Gasteiger partial charge in [-0.1, -0.05) is 12.1 Å². The van der Waals surface area contributed by atoms with Crippen LogP contribution < -0.4 is 5.73 Å². The highest BCUT2D eigenvalue weighted by molar-refractivity contribution is 5.19. The third-order valence-corrected chi connectivity index (χ3v) is 3.97. The van der Waals surface area contributed by atoms with Gasteiger partial charge in [-0.3, -0.25) is 0 Å². The number of nitrogens with zero attached hydrogens (tertiary/aromatic N) is 1. The van der Waals surface area contributed by atoms with E-state index in [2.05, 4.69) is 4.90 Å². The van der Waals surface area contributed by atoms with Crippen LogP contribution in [0.2, 0.25) is 0 Å². The van der Waals surface area contributed by atoms with Gasteiger partial charge in [0.2, 0.25) is 0 Å². The number of benzene rings is 1. The summed E-state index contributed by atoms with van der Waals surface area (Å²) in [6.45, 7) is 4.60. The molecule has 1 fully saturated rings. The van der Waals surface area contributed by atoms with Gasteiger partial charge in [0.1, 0.15) is 5.82 Å². The minimum atomic E-state index is -0.513. The lowest BCUT2D eigenvalue weighted by atomic mass is 9.93. The molecular formula is C15H23FN2O. The maximum Gasteiger partial charge on any atom is 0.123 e. The van der Waals surface area contributed by atoms with E-state index in [0.29, 0.717) is 0 Å². The quantitative estimate of drug-likeness (QED) is 0.877. The Bertz CT molecular complexity index is 412. The van der Waals surface area contributed by atoms with Crippen LogP contribution in [0.4, 0.5) is 4.39 Å². The van der Waals surface area contributed by atoms with Gasteiger partial charge in [0.15, 0.2) is 0 Å². The summed E-state index contributed by atoms with van der Waals surface area (Å²) in [7, 11) is 0. The molecule has 0 radical (unpaired) electrons. The van der Waals surface area contributed by atoms with E-state index in [1.54, 1.807) is 6.07 Å². The Balaban J connectivity index is 1.80. The maximum absolute atomic E-state index is 13.1. The van der Waals surface area contributed by atoms with E-state index >= 15 is 0 Å². The Labute approximate surface area is 114 Å². The number of halogens is 1. The molecule has 0 spiro atoms. The molecule has 106 valence electrons. The number of likely N-dealkylation sites (tertiary alicyclic amines) is 1. The van der Waals surface area contributed by atoms with Crippen LogP contribution in [0.1, 0.15) is 37.8 Å². The lowest BCUT2D eigenvalue weighted by molar-refractivity contribution is -0.00576. The Morgan fingerprint density at radius 2 is 2.11 bits per heavy atom. The summed E-state index contributed by atoms with van der Waals surface area (Å²) < 4.78 is 13.1. The van der Waals surface area contributed by atoms with Gasteiger partial charge in [-0.05, 0) is 50.4 Å². The van der Waals surface area contributed by atoms with E-state index in [1.807, 2.05) is 13.0 Å². The summed E-state index contributed by atoms with van der Waals surface area (Å²) in [4.78, 5) is 2.32. The smallest absolute Gasteiger partial charge is 0.123 e. The zero-order chi connectivity index (χ0) is 13.9. The molecule has 4 heteroatoms. The fourth-order valence-corrected chi connectivity index (χ4v) is 2.48. The van der Waals surface area contributed by atoms with E-state index in [1.165, 1.54) is 12.1 Å². The van der Waals surface area contributed by atoms with E-state index in [-0.39, 0.29) is 11.9 Å². The van der Waals surface area contributed by atoms with Gasteiger partial charge in [-0.25, -0.2) is 4.39 Å². The van der Waals surface area contributed by atoms with E-state index < -0.39 is 5.60 Å². The molecule has 1 saturated heterocycles. The molecule has 1 aliphatic heterocycles. The lowest BCUT2D eigenvalue weighted by Gasteiger charge is -2.36. The first-order valence-corrected chi connectivity index (χ1v) is 6.92. The predicted molar refractivity (Wildman–Crippen MR) is 74.2 cm³/mol. The van der Waals surface area contributed by atoms with Crippen molar-refractivity contribution in [1.29, 1.82) is 0 Å². The molecule has 1 heterocycles. The molecule has 1 aliphatic rings. The van der Waals surface area contributed by atoms with Crippen LogP contribution in [-0.4, -0.2) is 35.2 Å². The van der Waals surface area contributed by atoms with Crippen molar-refractivity contribution >= 4 is 0 Å². The SMILES string of the molecule is CC1(O)CCN(CCC(N)c2cccc(F)c2)CC1. The molecule has 19 heavy (non-hydrogen) atoms. The molecule has 3 N–H and O–H groups in total. The van der Waals surface area contributed by atoms with Crippen LogP contribution in [0, 0.1) is 5.82 Å². The van der Waals surface area contributed by atoms with Crippen molar-refractivity contribution < 1.29 is 9.50 Å². The van der Waals surface area contributed by atoms with E-state index in [9.17, 15) is 9.50 Å². The first-order chi connectivity index (χ1) is 8.96. The first kappa shape index (κ1) is 14.4. The molecule has 0 amide bonds. The van der Waals surface area contributed by atoms with Crippen LogP contribution in [0.25, 0.3) is 0 Å². The summed E-state index contributed by atoms with van der Waals surface area (Å²) in [5.74, 6) is -0.234. The Hall–Kier alpha value is -0.970. The summed E-state index contributed by atoms with van der Waals surface area (Å²) >= 11 is 0. The fourth-order valence-electron chi connectivity index (χ4n) is 2.48. The van der Waals surface area contributed by atoms with Crippen molar-refractivity contribution in [2.45, 2.75) is 37.8 Å². The van der Waals surface area contributed by atoms with Crippen molar-refractivity contribution in [3.63, 3.8) is 0 Å². The van der Waals surface area contributed by atoms with Gasteiger partial charge in [-0.15, -0.1) is 0 Å². The number of aliphatic hydroxyl groups is 1. The standard InChI is InChI=1S/C15H23FN2O/c1-15(19)6-9-18(10-7-15)8-5-14(17)12-3-2-4-13(16)11-12/h2-4,11,14,19H,5-10,17H2,1H3. The second kappa shape index (κ2) is 5.99. The molecule has 1 aromatic carbocycles. The highest BCUT2D eigenvalue weighted by atomic mass is 19.1. The van der Waals surface area contributed by atoms with Crippen molar-refractivity contribution in [2.24, 2.45) is 5.73 Å². The number of rotatable bonds is 4. The van der Waals surface area contributed by atoms with Crippen molar-refractivity contribution in [1.82, 2.24) is 4.90 Å². The minimum Gasteiger partial charge on any atom is -0.390 e. The monoisotopic (exact) mass is 266 g/mol. The number of piperidine rings is 1. The van der Waals surface area contributed by atoms with Gasteiger partial charge < -0.3 is 15.7 Å². The lowest BCUT2D eigenvalue weighted by Crippen LogP contribution is -2.43. The van der Waals surface area contributed by atoms with Crippen LogP contribution in [-0.2, 0) is 0 Å². The average molecular weight is 266 g/mol. The van der Waals surface area contributed by atoms with Crippen LogP contribution in [0.5, 0.6) is 0 Å². The summed E-state index contributed by atoms with van der Waals surface area (Å²) in [6, 6.07) is 6.38. The average Bonchev–Trinajstić information content (AvgIpc) is 2.37. The Kier molecular flexibility index (Phi) is 4.55. The van der Waals surface area contributed by atoms with Gasteiger partial charge in [0, 0.05) is 19.1 Å². The molecule has 0 aliphatic carbocycles. The van der Waals surface area contributed by atoms with E-state index in [4.69, 9.17) is 5.73 Å². The maximum atomic E-state index is 13.1. The van der Waals surface area contributed by atoms with Gasteiger partial charge in [-0.2, -0.15) is 0 Å². The molecule has 0 saturated carbocycles. The molecule has 0 bridgehead atoms. The highest BCUT2D eigenvalue weighted by Crippen LogP contribution is 2.22. The highest BCUT2D eigenvalue weighted by Gasteiger charge is 2.27. The second-order valence-corrected chi connectivity index (χ2v) is 5.79. The molecule has 2 rings (SSSR count). The normalized spacial score (nSPS) is 21.3. The topological polar surface area (TPSA) is 49.5 Å². The molecule has 1 atom stereocenters. The molecule has 1 aromatic rings. The number of nitrogens with two attached hydrogens (primary N) is 1. The third kappa shape index (κ3) is 4.27. The minimum absolute atomic E-state index is 0.127. The number of hydrogen-bond donors (Lipinski definition) is 2. The van der Waals surface area contributed by atoms with Crippen molar-refractivity contribution in [3.05, 3.63) is 35.6 Å². The van der Waals surface area contributed by atoms with Crippen LogP contribution >= 0.6 is 0 Å². The zero-order valence-corrected chi connectivity index (χ0v) is 11.5. The van der Waals surface area contributed by atoms with Gasteiger partial charge in [0.25, 0.3) is 0 Å². The van der Waals surface area contributed by atoms with Gasteiger partial charge >= 0.3 is 0 Å². The number of hydrogen-bond acceptors (Lipinski definition) is 3. The van der Waals surface area contributed by atoms with Crippen LogP contribution in [0.3, 0.4) is 0 Å². The van der Waals surface area contributed by atoms with E-state index in [0.717, 1.165) is 44.5 Å². The third-order valence-electron chi connectivity index (χ3n) is 3.97.